The predicted octanol–water partition coefficient (Wildman–Crippen LogP) is 0.363. The molecule has 7 nitrogen and oxygen atoms in total. The van der Waals surface area contributed by atoms with Crippen LogP contribution in [0, 0.1) is 0 Å². The summed E-state index contributed by atoms with van der Waals surface area (Å²) in [6, 6.07) is 5.50. The SMILES string of the molecule is CNC(=O)c1ccn(-c2ccc(CNCCOC)cn2)n1. The molecule has 2 heterocycles. The van der Waals surface area contributed by atoms with Crippen LogP contribution in [0.15, 0.2) is 30.6 Å². The van der Waals surface area contributed by atoms with Crippen LogP contribution in [-0.2, 0) is 11.3 Å². The first-order valence-electron chi connectivity index (χ1n) is 6.67. The molecular weight excluding hydrogens is 270 g/mol. The van der Waals surface area contributed by atoms with Gasteiger partial charge in [0, 0.05) is 39.6 Å². The summed E-state index contributed by atoms with van der Waals surface area (Å²) in [5.74, 6) is 0.457. The second kappa shape index (κ2) is 7.51. The number of nitrogens with one attached hydrogen (secondary N) is 2. The molecule has 0 atom stereocenters. The van der Waals surface area contributed by atoms with Gasteiger partial charge in [-0.2, -0.15) is 5.10 Å². The standard InChI is InChI=1S/C14H19N5O2/c1-15-14(20)12-5-7-19(18-12)13-4-3-11(10-17-13)9-16-6-8-21-2/h3-5,7,10,16H,6,8-9H2,1-2H3,(H,15,20). The van der Waals surface area contributed by atoms with Gasteiger partial charge >= 0.3 is 0 Å². The van der Waals surface area contributed by atoms with Gasteiger partial charge in [0.25, 0.3) is 5.91 Å². The molecule has 2 aromatic heterocycles. The summed E-state index contributed by atoms with van der Waals surface area (Å²) in [6.45, 7) is 2.22. The number of methoxy groups -OCH3 is 1. The fourth-order valence-electron chi connectivity index (χ4n) is 1.76. The van der Waals surface area contributed by atoms with E-state index in [1.54, 1.807) is 37.3 Å². The van der Waals surface area contributed by atoms with E-state index in [1.807, 2.05) is 12.1 Å². The van der Waals surface area contributed by atoms with Crippen LogP contribution < -0.4 is 10.6 Å². The Morgan fingerprint density at radius 3 is 2.90 bits per heavy atom. The maximum absolute atomic E-state index is 11.5. The molecule has 0 spiro atoms. The molecule has 1 amide bonds. The van der Waals surface area contributed by atoms with Crippen LogP contribution in [0.1, 0.15) is 16.1 Å². The van der Waals surface area contributed by atoms with E-state index in [9.17, 15) is 4.79 Å². The van der Waals surface area contributed by atoms with Crippen molar-refractivity contribution >= 4 is 5.91 Å². The summed E-state index contributed by atoms with van der Waals surface area (Å²) >= 11 is 0. The molecule has 0 aliphatic carbocycles. The molecule has 2 rings (SSSR count). The van der Waals surface area contributed by atoms with E-state index in [1.165, 1.54) is 0 Å². The van der Waals surface area contributed by atoms with E-state index in [0.717, 1.165) is 18.7 Å². The fourth-order valence-corrected chi connectivity index (χ4v) is 1.76. The van der Waals surface area contributed by atoms with Crippen molar-refractivity contribution in [2.75, 3.05) is 27.3 Å². The van der Waals surface area contributed by atoms with Crippen molar-refractivity contribution in [3.8, 4) is 5.82 Å². The molecule has 0 aromatic carbocycles. The zero-order valence-corrected chi connectivity index (χ0v) is 12.2. The molecule has 7 heteroatoms. The maximum Gasteiger partial charge on any atom is 0.271 e. The van der Waals surface area contributed by atoms with Crippen molar-refractivity contribution in [1.29, 1.82) is 0 Å². The third-order valence-corrected chi connectivity index (χ3v) is 2.90. The number of carbonyl (C=O) groups is 1. The van der Waals surface area contributed by atoms with E-state index in [2.05, 4.69) is 20.7 Å². The van der Waals surface area contributed by atoms with Crippen LogP contribution >= 0.6 is 0 Å². The average Bonchev–Trinajstić information content (AvgIpc) is 3.01. The van der Waals surface area contributed by atoms with Crippen LogP contribution in [0.4, 0.5) is 0 Å². The highest BCUT2D eigenvalue weighted by molar-refractivity contribution is 5.91. The topological polar surface area (TPSA) is 81.1 Å². The van der Waals surface area contributed by atoms with Gasteiger partial charge in [0.1, 0.15) is 0 Å². The number of aromatic nitrogens is 3. The molecule has 0 saturated heterocycles. The lowest BCUT2D eigenvalue weighted by Crippen LogP contribution is -2.19. The number of hydrogen-bond donors (Lipinski definition) is 2. The predicted molar refractivity (Wildman–Crippen MR) is 78.3 cm³/mol. The maximum atomic E-state index is 11.5. The minimum Gasteiger partial charge on any atom is -0.383 e. The molecule has 0 unspecified atom stereocenters. The first-order chi connectivity index (χ1) is 10.2. The Hall–Kier alpha value is -2.25. The quantitative estimate of drug-likeness (QED) is 0.719. The molecule has 0 bridgehead atoms. The Morgan fingerprint density at radius 2 is 2.24 bits per heavy atom. The first kappa shape index (κ1) is 15.1. The molecule has 0 fully saturated rings. The summed E-state index contributed by atoms with van der Waals surface area (Å²) in [5, 5.41) is 9.96. The van der Waals surface area contributed by atoms with Crippen molar-refractivity contribution in [2.45, 2.75) is 6.54 Å². The molecular formula is C14H19N5O2. The Bertz CT molecular complexity index is 579. The van der Waals surface area contributed by atoms with Gasteiger partial charge in [-0.25, -0.2) is 9.67 Å². The van der Waals surface area contributed by atoms with E-state index >= 15 is 0 Å². The molecule has 21 heavy (non-hydrogen) atoms. The van der Waals surface area contributed by atoms with Crippen molar-refractivity contribution < 1.29 is 9.53 Å². The lowest BCUT2D eigenvalue weighted by Gasteiger charge is -2.05. The van der Waals surface area contributed by atoms with Gasteiger partial charge in [-0.05, 0) is 17.7 Å². The number of amides is 1. The number of pyridine rings is 1. The lowest BCUT2D eigenvalue weighted by molar-refractivity contribution is 0.0957. The number of ether oxygens (including phenoxy) is 1. The average molecular weight is 289 g/mol. The molecule has 0 aliphatic rings. The monoisotopic (exact) mass is 289 g/mol. The van der Waals surface area contributed by atoms with Gasteiger partial charge in [0.05, 0.1) is 6.61 Å². The Kier molecular flexibility index (Phi) is 5.42. The molecule has 0 radical (unpaired) electrons. The summed E-state index contributed by atoms with van der Waals surface area (Å²) < 4.78 is 6.54. The van der Waals surface area contributed by atoms with Crippen LogP contribution in [0.25, 0.3) is 5.82 Å². The van der Waals surface area contributed by atoms with Crippen LogP contribution in [0.2, 0.25) is 0 Å². The minimum atomic E-state index is -0.215. The molecule has 2 aromatic rings. The number of hydrogen-bond acceptors (Lipinski definition) is 5. The third kappa shape index (κ3) is 4.11. The molecule has 0 aliphatic heterocycles. The van der Waals surface area contributed by atoms with E-state index in [4.69, 9.17) is 4.74 Å². The van der Waals surface area contributed by atoms with Gasteiger partial charge in [0.2, 0.25) is 0 Å². The van der Waals surface area contributed by atoms with Gasteiger partial charge < -0.3 is 15.4 Å². The van der Waals surface area contributed by atoms with E-state index in [0.29, 0.717) is 18.1 Å². The first-order valence-corrected chi connectivity index (χ1v) is 6.67. The van der Waals surface area contributed by atoms with Crippen LogP contribution in [-0.4, -0.2) is 48.0 Å². The summed E-state index contributed by atoms with van der Waals surface area (Å²) in [6.07, 6.45) is 3.50. The number of rotatable bonds is 7. The van der Waals surface area contributed by atoms with Gasteiger partial charge in [-0.1, -0.05) is 6.07 Å². The number of nitrogens with zero attached hydrogens (tertiary/aromatic N) is 3. The van der Waals surface area contributed by atoms with Crippen molar-refractivity contribution in [1.82, 2.24) is 25.4 Å². The number of carbonyl (C=O) groups excluding carboxylic acids is 1. The minimum absolute atomic E-state index is 0.215. The summed E-state index contributed by atoms with van der Waals surface area (Å²) in [7, 11) is 3.25. The van der Waals surface area contributed by atoms with Gasteiger partial charge in [-0.15, -0.1) is 0 Å². The highest BCUT2D eigenvalue weighted by Gasteiger charge is 2.08. The molecule has 0 saturated carbocycles. The lowest BCUT2D eigenvalue weighted by atomic mass is 10.3. The van der Waals surface area contributed by atoms with Crippen molar-refractivity contribution in [3.05, 3.63) is 41.9 Å². The van der Waals surface area contributed by atoms with Gasteiger partial charge in [-0.3, -0.25) is 4.79 Å². The Balaban J connectivity index is 1.98. The zero-order valence-electron chi connectivity index (χ0n) is 12.2. The highest BCUT2D eigenvalue weighted by atomic mass is 16.5. The van der Waals surface area contributed by atoms with E-state index in [-0.39, 0.29) is 5.91 Å². The molecule has 112 valence electrons. The normalized spacial score (nSPS) is 10.6. The van der Waals surface area contributed by atoms with Crippen LogP contribution in [0.3, 0.4) is 0 Å². The van der Waals surface area contributed by atoms with Gasteiger partial charge in [0.15, 0.2) is 11.5 Å². The second-order valence-corrected chi connectivity index (χ2v) is 4.42. The Labute approximate surface area is 123 Å². The zero-order chi connectivity index (χ0) is 15.1. The summed E-state index contributed by atoms with van der Waals surface area (Å²) in [5.41, 5.74) is 1.44. The van der Waals surface area contributed by atoms with Crippen molar-refractivity contribution in [3.63, 3.8) is 0 Å². The van der Waals surface area contributed by atoms with Crippen molar-refractivity contribution in [2.24, 2.45) is 0 Å². The Morgan fingerprint density at radius 1 is 1.38 bits per heavy atom. The third-order valence-electron chi connectivity index (χ3n) is 2.90. The van der Waals surface area contributed by atoms with E-state index < -0.39 is 0 Å². The van der Waals surface area contributed by atoms with Crippen LogP contribution in [0.5, 0.6) is 0 Å². The summed E-state index contributed by atoms with van der Waals surface area (Å²) in [4.78, 5) is 15.8. The second-order valence-electron chi connectivity index (χ2n) is 4.42. The largest absolute Gasteiger partial charge is 0.383 e. The molecule has 2 N–H and O–H groups in total. The fraction of sp³-hybridized carbons (Fsp3) is 0.357. The highest BCUT2D eigenvalue weighted by Crippen LogP contribution is 2.06. The smallest absolute Gasteiger partial charge is 0.271 e.